The average molecular weight is 588 g/mol. The zero-order valence-electron chi connectivity index (χ0n) is 23.4. The second kappa shape index (κ2) is 12.3. The molecule has 1 atom stereocenters. The number of rotatable bonds is 10. The fourth-order valence-corrected chi connectivity index (χ4v) is 4.30. The second-order valence-corrected chi connectivity index (χ2v) is 10.1. The summed E-state index contributed by atoms with van der Waals surface area (Å²) >= 11 is 0. The molecule has 0 bridgehead atoms. The van der Waals surface area contributed by atoms with Gasteiger partial charge in [-0.3, -0.25) is 4.79 Å². The summed E-state index contributed by atoms with van der Waals surface area (Å²) in [5, 5.41) is 16.0. The maximum absolute atomic E-state index is 15.1. The highest BCUT2D eigenvalue weighted by Crippen LogP contribution is 2.28. The van der Waals surface area contributed by atoms with Crippen molar-refractivity contribution in [2.24, 2.45) is 0 Å². The van der Waals surface area contributed by atoms with E-state index in [1.807, 2.05) is 31.2 Å². The van der Waals surface area contributed by atoms with Gasteiger partial charge in [-0.1, -0.05) is 28.9 Å². The lowest BCUT2D eigenvalue weighted by molar-refractivity contribution is -0.139. The average Bonchev–Trinajstić information content (AvgIpc) is 3.65. The van der Waals surface area contributed by atoms with Crippen LogP contribution in [0.1, 0.15) is 35.5 Å². The minimum Gasteiger partial charge on any atom is -0.488 e. The van der Waals surface area contributed by atoms with Crippen molar-refractivity contribution in [3.8, 4) is 39.9 Å². The number of carbonyl (C=O) groups excluding carboxylic acids is 1. The van der Waals surface area contributed by atoms with Crippen LogP contribution < -0.4 is 10.1 Å². The molecule has 0 saturated heterocycles. The molecule has 2 heterocycles. The fourth-order valence-electron chi connectivity index (χ4n) is 4.30. The Morgan fingerprint density at radius 2 is 1.70 bits per heavy atom. The van der Waals surface area contributed by atoms with Gasteiger partial charge in [0.2, 0.25) is 5.82 Å². The molecule has 0 aliphatic heterocycles. The molecular formula is C32H27F2N3O6. The third kappa shape index (κ3) is 6.78. The van der Waals surface area contributed by atoms with Crippen molar-refractivity contribution < 1.29 is 37.2 Å². The molecule has 5 aromatic rings. The van der Waals surface area contributed by atoms with Gasteiger partial charge in [0.1, 0.15) is 17.6 Å². The van der Waals surface area contributed by atoms with Crippen molar-refractivity contribution in [2.45, 2.75) is 39.3 Å². The summed E-state index contributed by atoms with van der Waals surface area (Å²) in [6, 6.07) is 17.2. The molecule has 0 fully saturated rings. The van der Waals surface area contributed by atoms with Crippen LogP contribution in [0.25, 0.3) is 34.2 Å². The molecule has 1 amide bonds. The standard InChI is InChI=1S/C32H27F2N3O6/c1-17(2)41-27-11-9-21(16-24(27)34)26-12-13-28(42-26)30(38)35-25(32(39)40)15-19-6-10-22(23(33)14-19)29-36-31(43-37-29)20-7-4-18(3)5-8-20/h4-14,16-17,25H,15H2,1-3H3,(H,35,38)(H,39,40)/t25-/m1/s1. The number of furan rings is 1. The number of aliphatic carboxylic acids is 1. The van der Waals surface area contributed by atoms with Gasteiger partial charge < -0.3 is 24.1 Å². The summed E-state index contributed by atoms with van der Waals surface area (Å²) in [6.45, 7) is 5.50. The summed E-state index contributed by atoms with van der Waals surface area (Å²) in [7, 11) is 0. The van der Waals surface area contributed by atoms with E-state index in [2.05, 4.69) is 15.5 Å². The van der Waals surface area contributed by atoms with Gasteiger partial charge in [-0.2, -0.15) is 4.98 Å². The minimum absolute atomic E-state index is 0.0401. The monoisotopic (exact) mass is 587 g/mol. The Kier molecular flexibility index (Phi) is 8.33. The predicted molar refractivity (Wildman–Crippen MR) is 152 cm³/mol. The third-order valence-electron chi connectivity index (χ3n) is 6.45. The van der Waals surface area contributed by atoms with Crippen molar-refractivity contribution in [1.29, 1.82) is 0 Å². The van der Waals surface area contributed by atoms with Crippen LogP contribution in [0, 0.1) is 18.6 Å². The zero-order valence-corrected chi connectivity index (χ0v) is 23.4. The molecule has 11 heteroatoms. The molecule has 43 heavy (non-hydrogen) atoms. The first-order chi connectivity index (χ1) is 20.6. The molecule has 2 N–H and O–H groups in total. The van der Waals surface area contributed by atoms with Crippen LogP contribution in [0.2, 0.25) is 0 Å². The molecule has 9 nitrogen and oxygen atoms in total. The Bertz CT molecular complexity index is 1780. The van der Waals surface area contributed by atoms with E-state index >= 15 is 4.39 Å². The van der Waals surface area contributed by atoms with Gasteiger partial charge in [-0.05, 0) is 80.9 Å². The highest BCUT2D eigenvalue weighted by molar-refractivity contribution is 5.94. The van der Waals surface area contributed by atoms with Gasteiger partial charge in [0.25, 0.3) is 11.8 Å². The number of ether oxygens (including phenoxy) is 1. The highest BCUT2D eigenvalue weighted by atomic mass is 19.1. The molecule has 0 saturated carbocycles. The molecule has 0 radical (unpaired) electrons. The summed E-state index contributed by atoms with van der Waals surface area (Å²) in [4.78, 5) is 29.0. The zero-order chi connectivity index (χ0) is 30.7. The summed E-state index contributed by atoms with van der Waals surface area (Å²) in [6.07, 6.45) is -0.422. The predicted octanol–water partition coefficient (Wildman–Crippen LogP) is 6.46. The quantitative estimate of drug-likeness (QED) is 0.191. The number of carboxylic acid groups (broad SMARTS) is 1. The first-order valence-corrected chi connectivity index (χ1v) is 13.4. The molecule has 0 spiro atoms. The van der Waals surface area contributed by atoms with Crippen LogP contribution in [-0.4, -0.2) is 39.3 Å². The number of aromatic nitrogens is 2. The number of carbonyl (C=O) groups is 2. The van der Waals surface area contributed by atoms with Gasteiger partial charge >= 0.3 is 5.97 Å². The highest BCUT2D eigenvalue weighted by Gasteiger charge is 2.24. The Morgan fingerprint density at radius 1 is 0.953 bits per heavy atom. The number of amides is 1. The van der Waals surface area contributed by atoms with Crippen molar-refractivity contribution >= 4 is 11.9 Å². The minimum atomic E-state index is -1.39. The van der Waals surface area contributed by atoms with Crippen molar-refractivity contribution in [3.63, 3.8) is 0 Å². The number of hydrogen-bond acceptors (Lipinski definition) is 7. The summed E-state index contributed by atoms with van der Waals surface area (Å²) in [5.41, 5.74) is 2.50. The topological polar surface area (TPSA) is 128 Å². The Labute approximate surface area is 245 Å². The number of carboxylic acids is 1. The summed E-state index contributed by atoms with van der Waals surface area (Å²) < 4.78 is 45.7. The number of nitrogens with one attached hydrogen (secondary N) is 1. The Balaban J connectivity index is 1.26. The first kappa shape index (κ1) is 29.2. The van der Waals surface area contributed by atoms with Crippen molar-refractivity contribution in [2.75, 3.05) is 0 Å². The van der Waals surface area contributed by atoms with E-state index in [4.69, 9.17) is 13.7 Å². The van der Waals surface area contributed by atoms with Crippen LogP contribution in [0.5, 0.6) is 5.75 Å². The van der Waals surface area contributed by atoms with Crippen LogP contribution in [-0.2, 0) is 11.2 Å². The van der Waals surface area contributed by atoms with E-state index in [0.29, 0.717) is 16.7 Å². The van der Waals surface area contributed by atoms with Gasteiger partial charge in [0, 0.05) is 17.5 Å². The third-order valence-corrected chi connectivity index (χ3v) is 6.45. The molecule has 0 aliphatic carbocycles. The van der Waals surface area contributed by atoms with Crippen molar-refractivity contribution in [1.82, 2.24) is 15.5 Å². The van der Waals surface area contributed by atoms with E-state index in [1.165, 1.54) is 36.4 Å². The molecule has 3 aromatic carbocycles. The largest absolute Gasteiger partial charge is 0.488 e. The number of halogens is 2. The van der Waals surface area contributed by atoms with Gasteiger partial charge in [0.15, 0.2) is 17.3 Å². The molecule has 220 valence electrons. The lowest BCUT2D eigenvalue weighted by atomic mass is 10.0. The van der Waals surface area contributed by atoms with Gasteiger partial charge in [-0.25, -0.2) is 13.6 Å². The number of hydrogen-bond donors (Lipinski definition) is 2. The lowest BCUT2D eigenvalue weighted by Crippen LogP contribution is -2.42. The van der Waals surface area contributed by atoms with E-state index in [1.54, 1.807) is 19.9 Å². The number of aryl methyl sites for hydroxylation is 1. The molecule has 0 unspecified atom stereocenters. The maximum Gasteiger partial charge on any atom is 0.326 e. The maximum atomic E-state index is 15.1. The first-order valence-electron chi connectivity index (χ1n) is 13.4. The fraction of sp³-hybridized carbons (Fsp3) is 0.188. The molecule has 5 rings (SSSR count). The van der Waals surface area contributed by atoms with Crippen LogP contribution >= 0.6 is 0 Å². The van der Waals surface area contributed by atoms with Crippen LogP contribution in [0.15, 0.2) is 81.7 Å². The summed E-state index contributed by atoms with van der Waals surface area (Å²) in [5.74, 6) is -3.01. The lowest BCUT2D eigenvalue weighted by Gasteiger charge is -2.14. The van der Waals surface area contributed by atoms with E-state index in [0.717, 1.165) is 11.6 Å². The molecule has 2 aromatic heterocycles. The van der Waals surface area contributed by atoms with Gasteiger partial charge in [-0.15, -0.1) is 0 Å². The Hall–Kier alpha value is -5.32. The second-order valence-electron chi connectivity index (χ2n) is 10.1. The van der Waals surface area contributed by atoms with E-state index in [-0.39, 0.29) is 47.1 Å². The smallest absolute Gasteiger partial charge is 0.326 e. The Morgan fingerprint density at radius 3 is 2.37 bits per heavy atom. The number of nitrogens with zero attached hydrogens (tertiary/aromatic N) is 2. The van der Waals surface area contributed by atoms with Crippen LogP contribution in [0.3, 0.4) is 0 Å². The van der Waals surface area contributed by atoms with E-state index < -0.39 is 29.6 Å². The SMILES string of the molecule is Cc1ccc(-c2nc(-c3ccc(C[C@@H](NC(=O)c4ccc(-c5ccc(OC(C)C)c(F)c5)o4)C(=O)O)cc3F)no2)cc1. The molecular weight excluding hydrogens is 560 g/mol. The van der Waals surface area contributed by atoms with Crippen molar-refractivity contribution in [3.05, 3.63) is 101 Å². The number of benzene rings is 3. The van der Waals surface area contributed by atoms with Crippen LogP contribution in [0.4, 0.5) is 8.78 Å². The van der Waals surface area contributed by atoms with E-state index in [9.17, 15) is 19.1 Å². The normalized spacial score (nSPS) is 11.9. The molecule has 0 aliphatic rings. The van der Waals surface area contributed by atoms with Gasteiger partial charge in [0.05, 0.1) is 11.7 Å².